The molecule has 0 saturated heterocycles. The third-order valence-electron chi connectivity index (χ3n) is 4.70. The van der Waals surface area contributed by atoms with E-state index >= 15 is 0 Å². The molecule has 3 aromatic rings. The summed E-state index contributed by atoms with van der Waals surface area (Å²) < 4.78 is 10.9. The Bertz CT molecular complexity index is 1360. The fourth-order valence-electron chi connectivity index (χ4n) is 3.09. The number of ether oxygens (including phenoxy) is 1. The lowest BCUT2D eigenvalue weighted by atomic mass is 10.2. The van der Waals surface area contributed by atoms with Crippen molar-refractivity contribution >= 4 is 58.0 Å². The summed E-state index contributed by atoms with van der Waals surface area (Å²) in [6, 6.07) is 17.0. The molecule has 2 heterocycles. The van der Waals surface area contributed by atoms with E-state index in [1.807, 2.05) is 0 Å². The maximum absolute atomic E-state index is 12.6. The van der Waals surface area contributed by atoms with Gasteiger partial charge in [0.05, 0.1) is 21.6 Å². The van der Waals surface area contributed by atoms with Crippen LogP contribution in [0.2, 0.25) is 10.0 Å². The summed E-state index contributed by atoms with van der Waals surface area (Å²) >= 11 is 13.0. The molecule has 1 N–H and O–H groups in total. The van der Waals surface area contributed by atoms with E-state index in [4.69, 9.17) is 32.4 Å². The van der Waals surface area contributed by atoms with Crippen molar-refractivity contribution in [2.24, 2.45) is 4.99 Å². The summed E-state index contributed by atoms with van der Waals surface area (Å²) in [5, 5.41) is 11.6. The predicted molar refractivity (Wildman–Crippen MR) is 134 cm³/mol. The molecule has 9 heteroatoms. The number of aliphatic hydroxyl groups excluding tert-OH is 1. The Balaban J connectivity index is 1.68. The molecule has 1 aromatic heterocycles. The van der Waals surface area contributed by atoms with Gasteiger partial charge in [0, 0.05) is 11.1 Å². The fourth-order valence-corrected chi connectivity index (χ4v) is 4.38. The molecule has 0 atom stereocenters. The van der Waals surface area contributed by atoms with Gasteiger partial charge in [0.2, 0.25) is 0 Å². The molecule has 1 aliphatic rings. The van der Waals surface area contributed by atoms with Crippen molar-refractivity contribution in [3.63, 3.8) is 0 Å². The normalized spacial score (nSPS) is 15.9. The number of carbonyl (C=O) groups is 2. The topological polar surface area (TPSA) is 89.1 Å². The van der Waals surface area contributed by atoms with Gasteiger partial charge in [-0.05, 0) is 55.5 Å². The first kappa shape index (κ1) is 23.9. The van der Waals surface area contributed by atoms with Crippen LogP contribution in [0.4, 0.5) is 0 Å². The molecule has 0 fully saturated rings. The molecule has 0 spiro atoms. The van der Waals surface area contributed by atoms with Gasteiger partial charge in [0.25, 0.3) is 5.91 Å². The molecule has 1 aliphatic heterocycles. The lowest BCUT2D eigenvalue weighted by molar-refractivity contribution is -0.138. The Morgan fingerprint density at radius 1 is 1.09 bits per heavy atom. The predicted octanol–water partition coefficient (Wildman–Crippen LogP) is 6.96. The minimum Gasteiger partial charge on any atom is -0.506 e. The van der Waals surface area contributed by atoms with Gasteiger partial charge in [0.15, 0.2) is 0 Å². The SMILES string of the molecule is CCOC(=O)C1=C(O)C(=Cc2ccc(-c3ccc(Cl)c(Cl)c3)o2)SC1=NC(=O)c1ccccc1. The third kappa shape index (κ3) is 5.12. The van der Waals surface area contributed by atoms with E-state index < -0.39 is 11.9 Å². The Hall–Kier alpha value is -3.26. The molecule has 0 unspecified atom stereocenters. The number of amides is 1. The number of aliphatic hydroxyl groups is 1. The van der Waals surface area contributed by atoms with Crippen LogP contribution in [0.15, 0.2) is 86.3 Å². The van der Waals surface area contributed by atoms with Gasteiger partial charge >= 0.3 is 5.97 Å². The summed E-state index contributed by atoms with van der Waals surface area (Å²) in [5.74, 6) is -0.703. The zero-order valence-electron chi connectivity index (χ0n) is 17.7. The molecule has 1 amide bonds. The van der Waals surface area contributed by atoms with Crippen LogP contribution in [-0.4, -0.2) is 28.6 Å². The van der Waals surface area contributed by atoms with Crippen molar-refractivity contribution in [1.29, 1.82) is 0 Å². The average molecular weight is 514 g/mol. The number of carbonyl (C=O) groups excluding carboxylic acids is 2. The standard InChI is InChI=1S/C25H17Cl2NO5S/c1-2-32-25(31)21-22(29)20(34-24(21)28-23(30)14-6-4-3-5-7-14)13-16-9-11-19(33-16)15-8-10-17(26)18(27)12-15/h3-13,29H,2H2,1H3. The Morgan fingerprint density at radius 3 is 2.56 bits per heavy atom. The van der Waals surface area contributed by atoms with Gasteiger partial charge in [0.1, 0.15) is 27.9 Å². The summed E-state index contributed by atoms with van der Waals surface area (Å²) in [7, 11) is 0. The number of thioether (sulfide) groups is 1. The van der Waals surface area contributed by atoms with E-state index in [1.54, 1.807) is 73.7 Å². The van der Waals surface area contributed by atoms with E-state index in [0.29, 0.717) is 27.1 Å². The van der Waals surface area contributed by atoms with Crippen molar-refractivity contribution in [3.05, 3.63) is 98.3 Å². The molecule has 172 valence electrons. The maximum Gasteiger partial charge on any atom is 0.344 e. The summed E-state index contributed by atoms with van der Waals surface area (Å²) in [5.41, 5.74) is 0.910. The highest BCUT2D eigenvalue weighted by molar-refractivity contribution is 8.18. The van der Waals surface area contributed by atoms with E-state index in [2.05, 4.69) is 4.99 Å². The number of benzene rings is 2. The second-order valence-electron chi connectivity index (χ2n) is 6.97. The van der Waals surface area contributed by atoms with Gasteiger partial charge in [-0.3, -0.25) is 4.79 Å². The van der Waals surface area contributed by atoms with Crippen molar-refractivity contribution < 1.29 is 23.8 Å². The van der Waals surface area contributed by atoms with Gasteiger partial charge < -0.3 is 14.3 Å². The smallest absolute Gasteiger partial charge is 0.344 e. The second-order valence-corrected chi connectivity index (χ2v) is 8.82. The highest BCUT2D eigenvalue weighted by atomic mass is 35.5. The number of hydrogen-bond acceptors (Lipinski definition) is 6. The van der Waals surface area contributed by atoms with Crippen LogP contribution in [0.25, 0.3) is 17.4 Å². The minimum atomic E-state index is -0.772. The van der Waals surface area contributed by atoms with Crippen molar-refractivity contribution in [3.8, 4) is 11.3 Å². The van der Waals surface area contributed by atoms with Crippen molar-refractivity contribution in [1.82, 2.24) is 0 Å². The van der Waals surface area contributed by atoms with Crippen LogP contribution in [0.5, 0.6) is 0 Å². The van der Waals surface area contributed by atoms with Gasteiger partial charge in [-0.2, -0.15) is 0 Å². The number of furan rings is 1. The first-order chi connectivity index (χ1) is 16.4. The molecule has 0 aliphatic carbocycles. The molecular weight excluding hydrogens is 497 g/mol. The monoisotopic (exact) mass is 513 g/mol. The van der Waals surface area contributed by atoms with E-state index in [-0.39, 0.29) is 27.9 Å². The lowest BCUT2D eigenvalue weighted by Gasteiger charge is -2.03. The number of esters is 1. The van der Waals surface area contributed by atoms with E-state index in [0.717, 1.165) is 17.3 Å². The van der Waals surface area contributed by atoms with Crippen molar-refractivity contribution in [2.75, 3.05) is 6.61 Å². The zero-order valence-corrected chi connectivity index (χ0v) is 20.1. The molecule has 0 saturated carbocycles. The van der Waals surface area contributed by atoms with Crippen LogP contribution < -0.4 is 0 Å². The number of nitrogens with zero attached hydrogens (tertiary/aromatic N) is 1. The number of halogens is 2. The Morgan fingerprint density at radius 2 is 1.85 bits per heavy atom. The molecule has 34 heavy (non-hydrogen) atoms. The van der Waals surface area contributed by atoms with Gasteiger partial charge in [-0.25, -0.2) is 9.79 Å². The first-order valence-corrected chi connectivity index (χ1v) is 11.7. The minimum absolute atomic E-state index is 0.0484. The molecule has 0 radical (unpaired) electrons. The molecule has 4 rings (SSSR count). The van der Waals surface area contributed by atoms with Gasteiger partial charge in [-0.15, -0.1) is 0 Å². The number of hydrogen-bond donors (Lipinski definition) is 1. The molecule has 2 aromatic carbocycles. The summed E-state index contributed by atoms with van der Waals surface area (Å²) in [6.07, 6.45) is 1.55. The highest BCUT2D eigenvalue weighted by Crippen LogP contribution is 2.40. The van der Waals surface area contributed by atoms with Crippen LogP contribution >= 0.6 is 35.0 Å². The molecular formula is C25H17Cl2NO5S. The first-order valence-electron chi connectivity index (χ1n) is 10.1. The van der Waals surface area contributed by atoms with Crippen LogP contribution in [0, 0.1) is 0 Å². The summed E-state index contributed by atoms with van der Waals surface area (Å²) in [4.78, 5) is 29.5. The quantitative estimate of drug-likeness (QED) is 0.371. The Labute approximate surface area is 209 Å². The Kier molecular flexibility index (Phi) is 7.26. The van der Waals surface area contributed by atoms with Crippen LogP contribution in [-0.2, 0) is 9.53 Å². The van der Waals surface area contributed by atoms with E-state index in [9.17, 15) is 14.7 Å². The fraction of sp³-hybridized carbons (Fsp3) is 0.0800. The van der Waals surface area contributed by atoms with Crippen LogP contribution in [0.3, 0.4) is 0 Å². The molecule has 6 nitrogen and oxygen atoms in total. The van der Waals surface area contributed by atoms with Crippen LogP contribution in [0.1, 0.15) is 23.0 Å². The van der Waals surface area contributed by atoms with E-state index in [1.165, 1.54) is 0 Å². The zero-order chi connectivity index (χ0) is 24.2. The largest absolute Gasteiger partial charge is 0.506 e. The third-order valence-corrected chi connectivity index (χ3v) is 6.46. The number of rotatable bonds is 5. The second kappa shape index (κ2) is 10.3. The lowest BCUT2D eigenvalue weighted by Crippen LogP contribution is -2.14. The summed E-state index contributed by atoms with van der Waals surface area (Å²) in [6.45, 7) is 1.75. The van der Waals surface area contributed by atoms with Gasteiger partial charge in [-0.1, -0.05) is 53.2 Å². The highest BCUT2D eigenvalue weighted by Gasteiger charge is 2.34. The molecule has 0 bridgehead atoms. The average Bonchev–Trinajstić information content (AvgIpc) is 3.41. The van der Waals surface area contributed by atoms with Crippen molar-refractivity contribution in [2.45, 2.75) is 6.92 Å². The number of aliphatic imine (C=N–C) groups is 1. The maximum atomic E-state index is 12.6.